The zero-order chi connectivity index (χ0) is 11.1. The number of hydrogen-bond acceptors (Lipinski definition) is 4. The molecule has 0 amide bonds. The van der Waals surface area contributed by atoms with Crippen molar-refractivity contribution in [3.05, 3.63) is 30.6 Å². The van der Waals surface area contributed by atoms with E-state index in [-0.39, 0.29) is 0 Å². The van der Waals surface area contributed by atoms with E-state index in [2.05, 4.69) is 15.2 Å². The number of aromatic amines is 1. The fourth-order valence-corrected chi connectivity index (χ4v) is 1.73. The van der Waals surface area contributed by atoms with Crippen molar-refractivity contribution in [2.75, 3.05) is 11.5 Å². The maximum absolute atomic E-state index is 5.87. The highest BCUT2D eigenvalue weighted by Crippen LogP contribution is 2.25. The van der Waals surface area contributed by atoms with Crippen molar-refractivity contribution in [2.24, 2.45) is 0 Å². The minimum atomic E-state index is 0.442. The van der Waals surface area contributed by atoms with Crippen LogP contribution in [0.4, 0.5) is 11.5 Å². The van der Waals surface area contributed by atoms with Crippen LogP contribution in [0.2, 0.25) is 0 Å². The molecule has 6 heteroatoms. The molecule has 0 saturated heterocycles. The van der Waals surface area contributed by atoms with Gasteiger partial charge in [0.25, 0.3) is 0 Å². The first-order valence-electron chi connectivity index (χ1n) is 4.79. The number of nitrogens with zero attached hydrogens (tertiary/aromatic N) is 3. The molecule has 3 rings (SSSR count). The SMILES string of the molecule is Nc1ccc2nc(N)c(-c3cc[nH]n3)n2c1. The summed E-state index contributed by atoms with van der Waals surface area (Å²) in [6.07, 6.45) is 3.52. The lowest BCUT2D eigenvalue weighted by molar-refractivity contribution is 1.08. The molecule has 80 valence electrons. The second-order valence-electron chi connectivity index (χ2n) is 3.50. The monoisotopic (exact) mass is 214 g/mol. The van der Waals surface area contributed by atoms with Crippen molar-refractivity contribution in [3.8, 4) is 11.4 Å². The van der Waals surface area contributed by atoms with Crippen molar-refractivity contribution < 1.29 is 0 Å². The van der Waals surface area contributed by atoms with Crippen molar-refractivity contribution in [3.63, 3.8) is 0 Å². The Morgan fingerprint density at radius 1 is 1.19 bits per heavy atom. The highest BCUT2D eigenvalue weighted by atomic mass is 15.1. The van der Waals surface area contributed by atoms with Gasteiger partial charge >= 0.3 is 0 Å². The Morgan fingerprint density at radius 2 is 2.06 bits per heavy atom. The lowest BCUT2D eigenvalue weighted by atomic mass is 10.3. The van der Waals surface area contributed by atoms with Gasteiger partial charge in [0.05, 0.1) is 0 Å². The second-order valence-corrected chi connectivity index (χ2v) is 3.50. The Bertz CT molecular complexity index is 637. The molecule has 0 fully saturated rings. The molecule has 6 nitrogen and oxygen atoms in total. The van der Waals surface area contributed by atoms with Crippen LogP contribution < -0.4 is 11.5 Å². The number of nitrogens with one attached hydrogen (secondary N) is 1. The summed E-state index contributed by atoms with van der Waals surface area (Å²) in [7, 11) is 0. The zero-order valence-electron chi connectivity index (χ0n) is 8.38. The lowest BCUT2D eigenvalue weighted by Gasteiger charge is -2.00. The van der Waals surface area contributed by atoms with Gasteiger partial charge in [0.15, 0.2) is 5.82 Å². The molecule has 0 saturated carbocycles. The second kappa shape index (κ2) is 2.99. The fraction of sp³-hybridized carbons (Fsp3) is 0. The average Bonchev–Trinajstić information content (AvgIpc) is 2.83. The molecule has 0 atom stereocenters. The third-order valence-electron chi connectivity index (χ3n) is 2.41. The molecule has 0 aliphatic carbocycles. The molecule has 3 aromatic rings. The number of aromatic nitrogens is 4. The Hall–Kier alpha value is -2.50. The maximum atomic E-state index is 5.87. The van der Waals surface area contributed by atoms with Gasteiger partial charge in [0, 0.05) is 18.1 Å². The van der Waals surface area contributed by atoms with E-state index in [0.717, 1.165) is 17.0 Å². The summed E-state index contributed by atoms with van der Waals surface area (Å²) in [5.41, 5.74) is 14.5. The van der Waals surface area contributed by atoms with Crippen LogP contribution in [0.5, 0.6) is 0 Å². The van der Waals surface area contributed by atoms with Gasteiger partial charge in [0.1, 0.15) is 17.0 Å². The van der Waals surface area contributed by atoms with Crippen LogP contribution >= 0.6 is 0 Å². The third kappa shape index (κ3) is 1.13. The molecule has 0 aromatic carbocycles. The minimum absolute atomic E-state index is 0.442. The largest absolute Gasteiger partial charge is 0.398 e. The van der Waals surface area contributed by atoms with Crippen molar-refractivity contribution >= 4 is 17.2 Å². The Balaban J connectivity index is 2.38. The molecule has 0 aliphatic rings. The third-order valence-corrected chi connectivity index (χ3v) is 2.41. The van der Waals surface area contributed by atoms with Crippen LogP contribution in [0.1, 0.15) is 0 Å². The van der Waals surface area contributed by atoms with E-state index >= 15 is 0 Å². The molecule has 0 radical (unpaired) electrons. The molecular formula is C10H10N6. The summed E-state index contributed by atoms with van der Waals surface area (Å²) in [6.45, 7) is 0. The number of anilines is 2. The number of nitrogens with two attached hydrogens (primary N) is 2. The van der Waals surface area contributed by atoms with Gasteiger partial charge in [0.2, 0.25) is 0 Å². The summed E-state index contributed by atoms with van der Waals surface area (Å²) < 4.78 is 1.83. The smallest absolute Gasteiger partial charge is 0.152 e. The summed E-state index contributed by atoms with van der Waals surface area (Å²) in [6, 6.07) is 5.45. The first kappa shape index (κ1) is 8.78. The number of fused-ring (bicyclic) bond motifs is 1. The van der Waals surface area contributed by atoms with Crippen LogP contribution in [-0.2, 0) is 0 Å². The molecule has 0 aliphatic heterocycles. The van der Waals surface area contributed by atoms with Crippen LogP contribution in [0.15, 0.2) is 30.6 Å². The number of rotatable bonds is 1. The quantitative estimate of drug-likeness (QED) is 0.560. The molecule has 3 heterocycles. The molecular weight excluding hydrogens is 204 g/mol. The van der Waals surface area contributed by atoms with Gasteiger partial charge in [-0.2, -0.15) is 5.10 Å². The van der Waals surface area contributed by atoms with E-state index in [1.54, 1.807) is 18.5 Å². The van der Waals surface area contributed by atoms with E-state index < -0.39 is 0 Å². The zero-order valence-corrected chi connectivity index (χ0v) is 8.38. The van der Waals surface area contributed by atoms with Crippen LogP contribution in [0, 0.1) is 0 Å². The standard InChI is InChI=1S/C10H10N6/c11-6-1-2-8-14-10(12)9(16(8)5-6)7-3-4-13-15-7/h1-5H,11-12H2,(H,13,15). The number of hydrogen-bond donors (Lipinski definition) is 3. The number of pyridine rings is 1. The summed E-state index contributed by atoms with van der Waals surface area (Å²) in [5, 5.41) is 6.84. The first-order chi connectivity index (χ1) is 7.75. The van der Waals surface area contributed by atoms with Gasteiger partial charge in [-0.05, 0) is 18.2 Å². The van der Waals surface area contributed by atoms with Gasteiger partial charge < -0.3 is 11.5 Å². The Kier molecular flexibility index (Phi) is 1.64. The predicted molar refractivity (Wildman–Crippen MR) is 61.6 cm³/mol. The predicted octanol–water partition coefficient (Wildman–Crippen LogP) is 0.889. The van der Waals surface area contributed by atoms with Gasteiger partial charge in [-0.1, -0.05) is 0 Å². The highest BCUT2D eigenvalue weighted by Gasteiger charge is 2.13. The first-order valence-corrected chi connectivity index (χ1v) is 4.79. The van der Waals surface area contributed by atoms with Crippen molar-refractivity contribution in [2.45, 2.75) is 0 Å². The molecule has 3 aromatic heterocycles. The highest BCUT2D eigenvalue weighted by molar-refractivity contribution is 5.73. The summed E-state index contributed by atoms with van der Waals surface area (Å²) in [5.74, 6) is 0.442. The molecule has 0 unspecified atom stereocenters. The molecule has 0 bridgehead atoms. The van der Waals surface area contributed by atoms with Crippen LogP contribution in [-0.4, -0.2) is 19.6 Å². The van der Waals surface area contributed by atoms with Crippen LogP contribution in [0.3, 0.4) is 0 Å². The van der Waals surface area contributed by atoms with E-state index in [0.29, 0.717) is 11.5 Å². The van der Waals surface area contributed by atoms with E-state index in [4.69, 9.17) is 11.5 Å². The van der Waals surface area contributed by atoms with Crippen LogP contribution in [0.25, 0.3) is 17.0 Å². The lowest BCUT2D eigenvalue weighted by Crippen LogP contribution is -1.94. The number of imidazole rings is 1. The minimum Gasteiger partial charge on any atom is -0.398 e. The van der Waals surface area contributed by atoms with Gasteiger partial charge in [-0.25, -0.2) is 4.98 Å². The summed E-state index contributed by atoms with van der Waals surface area (Å²) >= 11 is 0. The number of H-pyrrole nitrogens is 1. The van der Waals surface area contributed by atoms with Gasteiger partial charge in [-0.3, -0.25) is 9.50 Å². The van der Waals surface area contributed by atoms with Crippen molar-refractivity contribution in [1.29, 1.82) is 0 Å². The summed E-state index contributed by atoms with van der Waals surface area (Å²) in [4.78, 5) is 4.24. The normalized spacial score (nSPS) is 11.0. The number of nitrogen functional groups attached to an aromatic ring is 2. The Labute approximate surface area is 90.9 Å². The topological polar surface area (TPSA) is 98.0 Å². The Morgan fingerprint density at radius 3 is 2.81 bits per heavy atom. The van der Waals surface area contributed by atoms with E-state index in [1.165, 1.54) is 0 Å². The van der Waals surface area contributed by atoms with Crippen molar-refractivity contribution in [1.82, 2.24) is 19.6 Å². The molecule has 5 N–H and O–H groups in total. The maximum Gasteiger partial charge on any atom is 0.152 e. The van der Waals surface area contributed by atoms with E-state index in [1.807, 2.05) is 16.5 Å². The average molecular weight is 214 g/mol. The molecule has 16 heavy (non-hydrogen) atoms. The fourth-order valence-electron chi connectivity index (χ4n) is 1.73. The van der Waals surface area contributed by atoms with Gasteiger partial charge in [-0.15, -0.1) is 0 Å². The molecule has 0 spiro atoms. The van der Waals surface area contributed by atoms with E-state index in [9.17, 15) is 0 Å².